The number of hydrogen-bond donors (Lipinski definition) is 0. The van der Waals surface area contributed by atoms with Gasteiger partial charge in [0.05, 0.1) is 28.3 Å². The lowest BCUT2D eigenvalue weighted by Gasteiger charge is -2.31. The van der Waals surface area contributed by atoms with Crippen molar-refractivity contribution < 1.29 is 0 Å². The molecule has 4 aromatic carbocycles. The maximum Gasteiger partial charge on any atom is 0.148 e. The summed E-state index contributed by atoms with van der Waals surface area (Å²) in [5, 5.41) is 3.78. The van der Waals surface area contributed by atoms with Crippen LogP contribution in [-0.2, 0) is 0 Å². The van der Waals surface area contributed by atoms with Gasteiger partial charge in [0.1, 0.15) is 6.17 Å². The maximum absolute atomic E-state index is 5.17. The molecular weight excluding hydrogens is 629 g/mol. The summed E-state index contributed by atoms with van der Waals surface area (Å²) in [7, 11) is 0. The van der Waals surface area contributed by atoms with E-state index >= 15 is 0 Å². The van der Waals surface area contributed by atoms with Gasteiger partial charge < -0.3 is 9.47 Å². The molecule has 0 bridgehead atoms. The monoisotopic (exact) mass is 668 g/mol. The van der Waals surface area contributed by atoms with Crippen LogP contribution in [0.1, 0.15) is 32.0 Å². The number of fused-ring (bicyclic) bond motifs is 7. The summed E-state index contributed by atoms with van der Waals surface area (Å²) in [4.78, 5) is 12.5. The first kappa shape index (κ1) is 32.8. The first-order valence-corrected chi connectivity index (χ1v) is 17.9. The quantitative estimate of drug-likeness (QED) is 0.135. The van der Waals surface area contributed by atoms with Crippen molar-refractivity contribution in [3.63, 3.8) is 0 Å². The zero-order valence-corrected chi connectivity index (χ0v) is 29.3. The van der Waals surface area contributed by atoms with Crippen LogP contribution >= 0.6 is 11.3 Å². The number of aliphatic imine (C=N–C) groups is 1. The lowest BCUT2D eigenvalue weighted by Crippen LogP contribution is -2.35. The van der Waals surface area contributed by atoms with Crippen LogP contribution in [0.2, 0.25) is 0 Å². The second kappa shape index (κ2) is 14.8. The molecule has 50 heavy (non-hydrogen) atoms. The summed E-state index contributed by atoms with van der Waals surface area (Å²) in [5.41, 5.74) is 7.86. The predicted octanol–water partition coefficient (Wildman–Crippen LogP) is 12.3. The van der Waals surface area contributed by atoms with Gasteiger partial charge in [0.15, 0.2) is 0 Å². The van der Waals surface area contributed by atoms with E-state index in [1.54, 1.807) is 12.2 Å². The SMILES string of the molecule is C/C=C\CC.C1=CC2=NC(c3ccccc3)N(c3cccc(-n4c5cc6sc7ccccc7c6cc5c5ncccc54)c3)C2C=C1.C=CC=C. The molecule has 0 spiro atoms. The molecule has 2 aliphatic rings. The van der Waals surface area contributed by atoms with Gasteiger partial charge in [-0.15, -0.1) is 11.3 Å². The molecule has 7 aromatic rings. The normalized spacial score (nSPS) is 16.3. The van der Waals surface area contributed by atoms with Gasteiger partial charge in [-0.1, -0.05) is 117 Å². The third kappa shape index (κ3) is 6.13. The van der Waals surface area contributed by atoms with Crippen LogP contribution in [0.5, 0.6) is 0 Å². The fourth-order valence-electron chi connectivity index (χ4n) is 6.75. The molecule has 5 heteroatoms. The van der Waals surface area contributed by atoms with Gasteiger partial charge in [0, 0.05) is 43.1 Å². The first-order valence-electron chi connectivity index (χ1n) is 17.1. The number of anilines is 1. The fraction of sp³-hybridized carbons (Fsp3) is 0.111. The molecule has 4 nitrogen and oxygen atoms in total. The largest absolute Gasteiger partial charge is 0.334 e. The standard InChI is InChI=1S/C36H24N4S.C5H10.C4H6/c1-2-10-23(11-3-1)36-38-29-15-5-6-16-30(29)40(36)25-13-8-12-24(20-25)39-31-17-9-19-37-35(31)28-21-27-26-14-4-7-18-33(26)41-34(27)22-32(28)39;1-3-5-4-2;1-3-4-2/h1-22,30,36H;3,5H,4H2,1-2H3;3-4H,1-2H2/b;5-3-;. The Morgan fingerprint density at radius 3 is 2.34 bits per heavy atom. The lowest BCUT2D eigenvalue weighted by atomic mass is 10.0. The highest BCUT2D eigenvalue weighted by Gasteiger charge is 2.35. The van der Waals surface area contributed by atoms with E-state index in [4.69, 9.17) is 9.98 Å². The van der Waals surface area contributed by atoms with E-state index in [9.17, 15) is 0 Å². The van der Waals surface area contributed by atoms with Crippen molar-refractivity contribution in [2.45, 2.75) is 32.5 Å². The Morgan fingerprint density at radius 1 is 0.760 bits per heavy atom. The van der Waals surface area contributed by atoms with E-state index in [0.717, 1.165) is 34.5 Å². The van der Waals surface area contributed by atoms with Gasteiger partial charge in [0.25, 0.3) is 0 Å². The molecule has 1 aliphatic carbocycles. The topological polar surface area (TPSA) is 33.4 Å². The smallest absolute Gasteiger partial charge is 0.148 e. The average molecular weight is 669 g/mol. The minimum atomic E-state index is -0.0863. The number of hydrogen-bond acceptors (Lipinski definition) is 4. The molecule has 2 unspecified atom stereocenters. The molecule has 9 rings (SSSR count). The Morgan fingerprint density at radius 2 is 1.56 bits per heavy atom. The third-order valence-corrected chi connectivity index (χ3v) is 10.1. The number of benzene rings is 4. The van der Waals surface area contributed by atoms with E-state index in [0.29, 0.717) is 0 Å². The summed E-state index contributed by atoms with van der Waals surface area (Å²) in [6.07, 6.45) is 19.0. The number of pyridine rings is 1. The van der Waals surface area contributed by atoms with Gasteiger partial charge in [-0.25, -0.2) is 0 Å². The first-order chi connectivity index (χ1) is 24.7. The van der Waals surface area contributed by atoms with Crippen molar-refractivity contribution in [1.82, 2.24) is 9.55 Å². The molecule has 2 atom stereocenters. The van der Waals surface area contributed by atoms with Crippen molar-refractivity contribution >= 4 is 64.8 Å². The van der Waals surface area contributed by atoms with Gasteiger partial charge in [-0.3, -0.25) is 9.98 Å². The Balaban J connectivity index is 0.000000392. The highest BCUT2D eigenvalue weighted by Crippen LogP contribution is 2.42. The van der Waals surface area contributed by atoms with Crippen molar-refractivity contribution in [3.05, 3.63) is 177 Å². The van der Waals surface area contributed by atoms with Gasteiger partial charge in [0.2, 0.25) is 0 Å². The maximum atomic E-state index is 5.17. The van der Waals surface area contributed by atoms with Crippen LogP contribution in [0.15, 0.2) is 176 Å². The number of thiophene rings is 1. The van der Waals surface area contributed by atoms with Crippen LogP contribution < -0.4 is 4.90 Å². The van der Waals surface area contributed by atoms with E-state index in [1.165, 1.54) is 36.6 Å². The van der Waals surface area contributed by atoms with Crippen molar-refractivity contribution in [3.8, 4) is 5.69 Å². The van der Waals surface area contributed by atoms with Crippen LogP contribution in [0, 0.1) is 0 Å². The molecule has 0 amide bonds. The van der Waals surface area contributed by atoms with Crippen molar-refractivity contribution in [1.29, 1.82) is 0 Å². The molecule has 0 radical (unpaired) electrons. The zero-order valence-electron chi connectivity index (χ0n) is 28.5. The van der Waals surface area contributed by atoms with E-state index in [-0.39, 0.29) is 12.2 Å². The lowest BCUT2D eigenvalue weighted by molar-refractivity contribution is 0.696. The third-order valence-electron chi connectivity index (χ3n) is 8.95. The van der Waals surface area contributed by atoms with Crippen molar-refractivity contribution in [2.24, 2.45) is 4.99 Å². The minimum Gasteiger partial charge on any atom is -0.334 e. The van der Waals surface area contributed by atoms with Crippen LogP contribution in [0.3, 0.4) is 0 Å². The average Bonchev–Trinajstić information content (AvgIpc) is 3.84. The van der Waals surface area contributed by atoms with Crippen molar-refractivity contribution in [2.75, 3.05) is 4.90 Å². The molecule has 0 saturated carbocycles. The Labute approximate surface area is 298 Å². The minimum absolute atomic E-state index is 0.0863. The van der Waals surface area contributed by atoms with Gasteiger partial charge in [-0.2, -0.15) is 0 Å². The summed E-state index contributed by atoms with van der Waals surface area (Å²) >= 11 is 1.85. The molecule has 0 N–H and O–H groups in total. The number of allylic oxidation sites excluding steroid dienone is 6. The summed E-state index contributed by atoms with van der Waals surface area (Å²) in [5.74, 6) is 0. The number of aromatic nitrogens is 2. The van der Waals surface area contributed by atoms with E-state index < -0.39 is 0 Å². The van der Waals surface area contributed by atoms with E-state index in [1.807, 2.05) is 30.5 Å². The zero-order chi connectivity index (χ0) is 34.5. The molecule has 1 aliphatic heterocycles. The molecule has 4 heterocycles. The Kier molecular flexibility index (Phi) is 9.68. The van der Waals surface area contributed by atoms with Gasteiger partial charge >= 0.3 is 0 Å². The number of rotatable bonds is 5. The molecule has 0 fully saturated rings. The molecular formula is C45H40N4S. The second-order valence-corrected chi connectivity index (χ2v) is 13.2. The van der Waals surface area contributed by atoms with Crippen LogP contribution in [0.4, 0.5) is 5.69 Å². The Bertz CT molecular complexity index is 2430. The summed E-state index contributed by atoms with van der Waals surface area (Å²) in [6.45, 7) is 10.9. The highest BCUT2D eigenvalue weighted by atomic mass is 32.1. The second-order valence-electron chi connectivity index (χ2n) is 12.1. The summed E-state index contributed by atoms with van der Waals surface area (Å²) < 4.78 is 4.98. The molecule has 246 valence electrons. The predicted molar refractivity (Wildman–Crippen MR) is 218 cm³/mol. The van der Waals surface area contributed by atoms with Crippen LogP contribution in [0.25, 0.3) is 47.8 Å². The van der Waals surface area contributed by atoms with Crippen LogP contribution in [-0.4, -0.2) is 21.3 Å². The van der Waals surface area contributed by atoms with Gasteiger partial charge in [-0.05, 0) is 73.5 Å². The molecule has 3 aromatic heterocycles. The Hall–Kier alpha value is -5.78. The summed E-state index contributed by atoms with van der Waals surface area (Å²) in [6, 6.07) is 37.2. The molecule has 0 saturated heterocycles. The van der Waals surface area contributed by atoms with E-state index in [2.05, 4.69) is 163 Å². The highest BCUT2D eigenvalue weighted by molar-refractivity contribution is 7.25. The number of nitrogens with zero attached hydrogens (tertiary/aromatic N) is 4. The fourth-order valence-corrected chi connectivity index (χ4v) is 7.87.